The molecule has 3 amide bonds. The summed E-state index contributed by atoms with van der Waals surface area (Å²) in [4.78, 5) is 62.3. The highest BCUT2D eigenvalue weighted by molar-refractivity contribution is 6.33. The minimum absolute atomic E-state index is 0.0291. The molecule has 5 N–H and O–H groups in total. The Bertz CT molecular complexity index is 2110. The van der Waals surface area contributed by atoms with E-state index in [-0.39, 0.29) is 29.5 Å². The minimum Gasteiger partial charge on any atom is -0.494 e. The average Bonchev–Trinajstić information content (AvgIpc) is 3.21. The smallest absolute Gasteiger partial charge is 0.249 e. The Labute approximate surface area is 337 Å². The highest BCUT2D eigenvalue weighted by atomic mass is 35.5. The number of piperidine rings is 3. The topological polar surface area (TPSA) is 170 Å². The standard InChI is InChI=1S/C42H48ClN9O5/c1-26(53)32-7-3-4-8-34(32)47-40-33(43)23-44-42(50-40)48-35-14-13-31(22-37(35)57-2)52-19-5-6-30(24-52)46-39(55)25-51-20-17-28(18-21-51)27-9-11-29(12-10-27)45-36-15-16-38(54)49-41(36)56/h3-4,7-14,22-23,28,30,36,45H,5-6,15-21,24-25H2,1-2H3,(H,46,55)(H,49,54,56)(H2,44,47,48,50)/t30-,36?/m0/s1. The van der Waals surface area contributed by atoms with E-state index in [9.17, 15) is 19.2 Å². The number of imide groups is 1. The summed E-state index contributed by atoms with van der Waals surface area (Å²) in [7, 11) is 1.61. The summed E-state index contributed by atoms with van der Waals surface area (Å²) >= 11 is 6.42. The van der Waals surface area contributed by atoms with Gasteiger partial charge in [-0.2, -0.15) is 4.98 Å². The molecule has 3 saturated heterocycles. The number of hydrogen-bond acceptors (Lipinski definition) is 12. The first-order valence-corrected chi connectivity index (χ1v) is 19.8. The van der Waals surface area contributed by atoms with Crippen LogP contribution in [0, 0.1) is 0 Å². The predicted molar refractivity (Wildman–Crippen MR) is 221 cm³/mol. The quantitative estimate of drug-likeness (QED) is 0.0791. The summed E-state index contributed by atoms with van der Waals surface area (Å²) in [6.07, 6.45) is 6.12. The molecule has 0 radical (unpaired) electrons. The number of nitrogens with one attached hydrogen (secondary N) is 5. The molecule has 2 atom stereocenters. The fourth-order valence-corrected chi connectivity index (χ4v) is 7.89. The number of hydrogen-bond donors (Lipinski definition) is 5. The molecule has 1 aromatic heterocycles. The maximum absolute atomic E-state index is 13.2. The van der Waals surface area contributed by atoms with Crippen LogP contribution in [0.3, 0.4) is 0 Å². The number of para-hydroxylation sites is 1. The number of ether oxygens (including phenoxy) is 1. The number of carbonyl (C=O) groups is 4. The number of aromatic nitrogens is 2. The Morgan fingerprint density at radius 1 is 0.947 bits per heavy atom. The number of benzene rings is 3. The van der Waals surface area contributed by atoms with E-state index in [1.165, 1.54) is 18.7 Å². The van der Waals surface area contributed by atoms with Crippen molar-refractivity contribution in [1.29, 1.82) is 0 Å². The molecule has 57 heavy (non-hydrogen) atoms. The van der Waals surface area contributed by atoms with Crippen molar-refractivity contribution in [2.75, 3.05) is 60.7 Å². The van der Waals surface area contributed by atoms with Gasteiger partial charge in [0.25, 0.3) is 0 Å². The van der Waals surface area contributed by atoms with Gasteiger partial charge in [0.1, 0.15) is 16.8 Å². The fraction of sp³-hybridized carbons (Fsp3) is 0.381. The Balaban J connectivity index is 0.888. The molecule has 1 unspecified atom stereocenters. The molecule has 3 aliphatic rings. The van der Waals surface area contributed by atoms with Crippen molar-refractivity contribution in [3.8, 4) is 5.75 Å². The zero-order chi connectivity index (χ0) is 39.9. The third-order valence-electron chi connectivity index (χ3n) is 10.8. The molecular weight excluding hydrogens is 746 g/mol. The van der Waals surface area contributed by atoms with Gasteiger partial charge in [0, 0.05) is 48.6 Å². The molecule has 0 spiro atoms. The lowest BCUT2D eigenvalue weighted by molar-refractivity contribution is -0.133. The molecule has 3 aliphatic heterocycles. The summed E-state index contributed by atoms with van der Waals surface area (Å²) in [5, 5.41) is 15.6. The number of Topliss-reactive ketones (excluding diaryl/α,β-unsaturated/α-hetero) is 1. The summed E-state index contributed by atoms with van der Waals surface area (Å²) in [5.41, 5.74) is 4.89. The molecule has 0 aliphatic carbocycles. The number of amides is 3. The van der Waals surface area contributed by atoms with Crippen molar-refractivity contribution in [2.24, 2.45) is 0 Å². The van der Waals surface area contributed by atoms with Crippen LogP contribution in [0.2, 0.25) is 5.02 Å². The van der Waals surface area contributed by atoms with E-state index in [2.05, 4.69) is 58.5 Å². The second-order valence-corrected chi connectivity index (χ2v) is 15.2. The summed E-state index contributed by atoms with van der Waals surface area (Å²) in [6, 6.07) is 20.9. The van der Waals surface area contributed by atoms with Crippen molar-refractivity contribution < 1.29 is 23.9 Å². The predicted octanol–water partition coefficient (Wildman–Crippen LogP) is 6.01. The van der Waals surface area contributed by atoms with Crippen LogP contribution in [0.15, 0.2) is 72.9 Å². The van der Waals surface area contributed by atoms with Crippen LogP contribution in [-0.4, -0.2) is 90.3 Å². The van der Waals surface area contributed by atoms with Crippen molar-refractivity contribution in [3.05, 3.63) is 89.1 Å². The summed E-state index contributed by atoms with van der Waals surface area (Å²) in [5.74, 6) is 1.14. The van der Waals surface area contributed by atoms with Crippen LogP contribution in [0.1, 0.15) is 67.3 Å². The monoisotopic (exact) mass is 793 g/mol. The van der Waals surface area contributed by atoms with E-state index < -0.39 is 6.04 Å². The van der Waals surface area contributed by atoms with Gasteiger partial charge in [-0.1, -0.05) is 35.9 Å². The normalized spacial score (nSPS) is 19.0. The van der Waals surface area contributed by atoms with Crippen LogP contribution in [0.4, 0.5) is 34.5 Å². The lowest BCUT2D eigenvalue weighted by Gasteiger charge is -2.36. The second kappa shape index (κ2) is 18.0. The van der Waals surface area contributed by atoms with Crippen molar-refractivity contribution in [2.45, 2.75) is 63.5 Å². The van der Waals surface area contributed by atoms with E-state index in [1.807, 2.05) is 36.4 Å². The Morgan fingerprint density at radius 3 is 2.49 bits per heavy atom. The molecule has 0 bridgehead atoms. The van der Waals surface area contributed by atoms with Crippen LogP contribution < -0.4 is 36.2 Å². The number of carbonyl (C=O) groups excluding carboxylic acids is 4. The van der Waals surface area contributed by atoms with Gasteiger partial charge in [0.2, 0.25) is 23.7 Å². The van der Waals surface area contributed by atoms with Crippen LogP contribution >= 0.6 is 11.6 Å². The molecule has 0 saturated carbocycles. The van der Waals surface area contributed by atoms with Gasteiger partial charge in [-0.15, -0.1) is 0 Å². The van der Waals surface area contributed by atoms with Gasteiger partial charge >= 0.3 is 0 Å². The lowest BCUT2D eigenvalue weighted by atomic mass is 9.89. The van der Waals surface area contributed by atoms with Crippen LogP contribution in [0.5, 0.6) is 5.75 Å². The fourth-order valence-electron chi connectivity index (χ4n) is 7.76. The first-order valence-electron chi connectivity index (χ1n) is 19.4. The largest absolute Gasteiger partial charge is 0.494 e. The van der Waals surface area contributed by atoms with E-state index in [0.29, 0.717) is 71.3 Å². The van der Waals surface area contributed by atoms with E-state index >= 15 is 0 Å². The molecule has 4 heterocycles. The third-order valence-corrected chi connectivity index (χ3v) is 11.1. The summed E-state index contributed by atoms with van der Waals surface area (Å²) in [6.45, 7) is 5.13. The first kappa shape index (κ1) is 39.5. The Hall–Kier alpha value is -5.73. The zero-order valence-corrected chi connectivity index (χ0v) is 32.9. The van der Waals surface area contributed by atoms with Crippen LogP contribution in [0.25, 0.3) is 0 Å². The van der Waals surface area contributed by atoms with Gasteiger partial charge in [0.15, 0.2) is 11.6 Å². The molecule has 14 nitrogen and oxygen atoms in total. The number of halogens is 1. The van der Waals surface area contributed by atoms with E-state index in [4.69, 9.17) is 16.3 Å². The number of nitrogens with zero attached hydrogens (tertiary/aromatic N) is 4. The molecule has 3 fully saturated rings. The average molecular weight is 794 g/mol. The minimum atomic E-state index is -0.403. The molecular formula is C42H48ClN9O5. The Kier molecular flexibility index (Phi) is 12.5. The van der Waals surface area contributed by atoms with Crippen LogP contribution in [-0.2, 0) is 14.4 Å². The summed E-state index contributed by atoms with van der Waals surface area (Å²) < 4.78 is 5.77. The van der Waals surface area contributed by atoms with E-state index in [1.54, 1.807) is 25.3 Å². The zero-order valence-electron chi connectivity index (χ0n) is 32.1. The number of rotatable bonds is 13. The molecule has 7 rings (SSSR count). The maximum Gasteiger partial charge on any atom is 0.249 e. The third kappa shape index (κ3) is 9.99. The highest BCUT2D eigenvalue weighted by Crippen LogP contribution is 2.34. The number of ketones is 1. The molecule has 298 valence electrons. The molecule has 4 aromatic rings. The Morgan fingerprint density at radius 2 is 1.74 bits per heavy atom. The van der Waals surface area contributed by atoms with Crippen molar-refractivity contribution in [1.82, 2.24) is 25.5 Å². The van der Waals surface area contributed by atoms with Crippen molar-refractivity contribution >= 4 is 69.6 Å². The van der Waals surface area contributed by atoms with E-state index in [0.717, 1.165) is 56.7 Å². The maximum atomic E-state index is 13.2. The lowest BCUT2D eigenvalue weighted by Crippen LogP contribution is -2.50. The second-order valence-electron chi connectivity index (χ2n) is 14.8. The number of methoxy groups -OCH3 is 1. The van der Waals surface area contributed by atoms with Gasteiger partial charge in [-0.25, -0.2) is 4.98 Å². The van der Waals surface area contributed by atoms with Gasteiger partial charge in [0.05, 0.1) is 31.2 Å². The molecule has 15 heteroatoms. The van der Waals surface area contributed by atoms with Crippen molar-refractivity contribution in [3.63, 3.8) is 0 Å². The first-order chi connectivity index (χ1) is 27.6. The van der Waals surface area contributed by atoms with Gasteiger partial charge < -0.3 is 30.9 Å². The highest BCUT2D eigenvalue weighted by Gasteiger charge is 2.28. The van der Waals surface area contributed by atoms with Gasteiger partial charge in [-0.3, -0.25) is 29.4 Å². The number of anilines is 6. The SMILES string of the molecule is COc1cc(N2CCC[C@H](NC(=O)CN3CCC(c4ccc(NC5CCC(=O)NC5=O)cc4)CC3)C2)ccc1Nc1ncc(Cl)c(Nc2ccccc2C(C)=O)n1. The number of likely N-dealkylation sites (tertiary alicyclic amines) is 1. The van der Waals surface area contributed by atoms with Gasteiger partial charge in [-0.05, 0) is 100.0 Å². The molecule has 3 aromatic carbocycles.